The third kappa shape index (κ3) is 3.35. The average Bonchev–Trinajstić information content (AvgIpc) is 3.26. The Bertz CT molecular complexity index is 1010. The van der Waals surface area contributed by atoms with Crippen LogP contribution in [0.1, 0.15) is 39.3 Å². The van der Waals surface area contributed by atoms with Crippen molar-refractivity contribution in [3.05, 3.63) is 82.2 Å². The summed E-state index contributed by atoms with van der Waals surface area (Å²) in [5.41, 5.74) is 4.32. The summed E-state index contributed by atoms with van der Waals surface area (Å²) in [5.74, 6) is -0.885. The Balaban J connectivity index is 1.58. The van der Waals surface area contributed by atoms with Gasteiger partial charge in [0.15, 0.2) is 5.69 Å². The van der Waals surface area contributed by atoms with E-state index in [-0.39, 0.29) is 24.1 Å². The number of carbonyl (C=O) groups is 1. The molecular weight excluding hydrogens is 348 g/mol. The maximum Gasteiger partial charge on any atom is 0.272 e. The largest absolute Gasteiger partial charge is 0.347 e. The fraction of sp³-hybridized carbons (Fsp3) is 0.238. The molecule has 3 aromatic rings. The number of carbonyl (C=O) groups excluding carboxylic acids is 1. The highest BCUT2D eigenvalue weighted by molar-refractivity contribution is 5.94. The lowest BCUT2D eigenvalue weighted by Gasteiger charge is -2.06. The van der Waals surface area contributed by atoms with Crippen molar-refractivity contribution in [1.29, 1.82) is 0 Å². The van der Waals surface area contributed by atoms with Gasteiger partial charge in [0.05, 0.1) is 5.69 Å². The molecule has 6 heteroatoms. The molecule has 1 aliphatic rings. The van der Waals surface area contributed by atoms with Crippen LogP contribution >= 0.6 is 0 Å². The molecule has 0 radical (unpaired) electrons. The smallest absolute Gasteiger partial charge is 0.272 e. The minimum Gasteiger partial charge on any atom is -0.347 e. The summed E-state index contributed by atoms with van der Waals surface area (Å²) in [6.07, 6.45) is 2.58. The number of amides is 1. The van der Waals surface area contributed by atoms with Crippen LogP contribution in [-0.4, -0.2) is 15.7 Å². The SMILES string of the molecule is Cc1ccc(CNC(=O)c2nn(-c3ccc(F)cc3)c3c2CCC3)cc1F. The van der Waals surface area contributed by atoms with E-state index in [9.17, 15) is 13.6 Å². The first-order valence-corrected chi connectivity index (χ1v) is 8.93. The molecule has 1 heterocycles. The summed E-state index contributed by atoms with van der Waals surface area (Å²) in [6, 6.07) is 11.0. The molecule has 1 aromatic heterocycles. The van der Waals surface area contributed by atoms with Crippen LogP contribution in [0.15, 0.2) is 42.5 Å². The van der Waals surface area contributed by atoms with Crippen LogP contribution in [0.3, 0.4) is 0 Å². The van der Waals surface area contributed by atoms with Gasteiger partial charge in [-0.2, -0.15) is 5.10 Å². The topological polar surface area (TPSA) is 46.9 Å². The van der Waals surface area contributed by atoms with Crippen LogP contribution in [0.5, 0.6) is 0 Å². The number of aryl methyl sites for hydroxylation is 1. The number of halogens is 2. The Labute approximate surface area is 155 Å². The second-order valence-corrected chi connectivity index (χ2v) is 6.78. The summed E-state index contributed by atoms with van der Waals surface area (Å²) < 4.78 is 28.6. The molecule has 0 atom stereocenters. The lowest BCUT2D eigenvalue weighted by atomic mass is 10.1. The number of nitrogens with zero attached hydrogens (tertiary/aromatic N) is 2. The highest BCUT2D eigenvalue weighted by Crippen LogP contribution is 2.28. The number of rotatable bonds is 4. The van der Waals surface area contributed by atoms with Gasteiger partial charge in [0.2, 0.25) is 0 Å². The third-order valence-corrected chi connectivity index (χ3v) is 4.91. The zero-order valence-electron chi connectivity index (χ0n) is 14.9. The van der Waals surface area contributed by atoms with Gasteiger partial charge in [0.1, 0.15) is 11.6 Å². The van der Waals surface area contributed by atoms with Gasteiger partial charge in [0.25, 0.3) is 5.91 Å². The summed E-state index contributed by atoms with van der Waals surface area (Å²) in [7, 11) is 0. The second-order valence-electron chi connectivity index (χ2n) is 6.78. The summed E-state index contributed by atoms with van der Waals surface area (Å²) >= 11 is 0. The van der Waals surface area contributed by atoms with Crippen LogP contribution in [-0.2, 0) is 19.4 Å². The van der Waals surface area contributed by atoms with Crippen molar-refractivity contribution in [3.63, 3.8) is 0 Å². The molecule has 4 nitrogen and oxygen atoms in total. The molecule has 0 saturated carbocycles. The molecule has 0 fully saturated rings. The van der Waals surface area contributed by atoms with Crippen molar-refractivity contribution in [1.82, 2.24) is 15.1 Å². The minimum atomic E-state index is -0.314. The molecule has 0 saturated heterocycles. The summed E-state index contributed by atoms with van der Waals surface area (Å²) in [5, 5.41) is 7.31. The fourth-order valence-corrected chi connectivity index (χ4v) is 3.43. The fourth-order valence-electron chi connectivity index (χ4n) is 3.43. The predicted molar refractivity (Wildman–Crippen MR) is 97.9 cm³/mol. The van der Waals surface area contributed by atoms with Crippen molar-refractivity contribution in [2.45, 2.75) is 32.7 Å². The zero-order valence-corrected chi connectivity index (χ0v) is 14.9. The summed E-state index contributed by atoms with van der Waals surface area (Å²) in [4.78, 5) is 12.7. The van der Waals surface area contributed by atoms with Crippen LogP contribution < -0.4 is 5.32 Å². The first-order chi connectivity index (χ1) is 13.0. The second kappa shape index (κ2) is 6.95. The monoisotopic (exact) mass is 367 g/mol. The van der Waals surface area contributed by atoms with Gasteiger partial charge in [-0.25, -0.2) is 13.5 Å². The van der Waals surface area contributed by atoms with Crippen molar-refractivity contribution in [2.75, 3.05) is 0 Å². The lowest BCUT2D eigenvalue weighted by molar-refractivity contribution is 0.0944. The molecule has 4 rings (SSSR count). The van der Waals surface area contributed by atoms with E-state index in [0.29, 0.717) is 16.8 Å². The number of hydrogen-bond acceptors (Lipinski definition) is 2. The zero-order chi connectivity index (χ0) is 19.0. The van der Waals surface area contributed by atoms with E-state index in [0.717, 1.165) is 36.2 Å². The quantitative estimate of drug-likeness (QED) is 0.761. The maximum absolute atomic E-state index is 13.7. The van der Waals surface area contributed by atoms with E-state index in [4.69, 9.17) is 0 Å². The molecule has 0 aliphatic heterocycles. The van der Waals surface area contributed by atoms with Crippen LogP contribution in [0.25, 0.3) is 5.69 Å². The summed E-state index contributed by atoms with van der Waals surface area (Å²) in [6.45, 7) is 1.93. The standard InChI is InChI=1S/C21H19F2N3O/c1-13-5-6-14(11-18(13)23)12-24-21(27)20-17-3-2-4-19(17)26(25-20)16-9-7-15(22)8-10-16/h5-11H,2-4,12H2,1H3,(H,24,27). The molecule has 1 N–H and O–H groups in total. The van der Waals surface area contributed by atoms with Gasteiger partial charge in [-0.1, -0.05) is 12.1 Å². The third-order valence-electron chi connectivity index (χ3n) is 4.91. The molecule has 27 heavy (non-hydrogen) atoms. The Morgan fingerprint density at radius 2 is 1.93 bits per heavy atom. The number of fused-ring (bicyclic) bond motifs is 1. The van der Waals surface area contributed by atoms with E-state index in [1.54, 1.807) is 35.9 Å². The Morgan fingerprint density at radius 3 is 2.67 bits per heavy atom. The maximum atomic E-state index is 13.7. The Morgan fingerprint density at radius 1 is 1.15 bits per heavy atom. The molecule has 0 bridgehead atoms. The number of aromatic nitrogens is 2. The van der Waals surface area contributed by atoms with E-state index in [1.165, 1.54) is 18.2 Å². The highest BCUT2D eigenvalue weighted by atomic mass is 19.1. The van der Waals surface area contributed by atoms with Gasteiger partial charge in [-0.05, 0) is 67.6 Å². The van der Waals surface area contributed by atoms with Crippen LogP contribution in [0.2, 0.25) is 0 Å². The van der Waals surface area contributed by atoms with Gasteiger partial charge < -0.3 is 5.32 Å². The molecule has 0 spiro atoms. The van der Waals surface area contributed by atoms with Gasteiger partial charge in [-0.15, -0.1) is 0 Å². The van der Waals surface area contributed by atoms with Crippen LogP contribution in [0.4, 0.5) is 8.78 Å². The first-order valence-electron chi connectivity index (χ1n) is 8.93. The Hall–Kier alpha value is -3.02. The number of hydrogen-bond donors (Lipinski definition) is 1. The molecule has 1 amide bonds. The van der Waals surface area contributed by atoms with Crippen molar-refractivity contribution >= 4 is 5.91 Å². The molecule has 0 unspecified atom stereocenters. The molecular formula is C21H19F2N3O. The molecule has 138 valence electrons. The van der Waals surface area contributed by atoms with Gasteiger partial charge in [-0.3, -0.25) is 4.79 Å². The first kappa shape index (κ1) is 17.4. The van der Waals surface area contributed by atoms with Crippen LogP contribution in [0, 0.1) is 18.6 Å². The van der Waals surface area contributed by atoms with E-state index in [2.05, 4.69) is 10.4 Å². The Kier molecular flexibility index (Phi) is 4.48. The van der Waals surface area contributed by atoms with E-state index in [1.807, 2.05) is 0 Å². The average molecular weight is 367 g/mol. The van der Waals surface area contributed by atoms with Gasteiger partial charge in [0, 0.05) is 17.8 Å². The van der Waals surface area contributed by atoms with E-state index < -0.39 is 0 Å². The molecule has 2 aromatic carbocycles. The van der Waals surface area contributed by atoms with E-state index >= 15 is 0 Å². The number of nitrogens with one attached hydrogen (secondary N) is 1. The highest BCUT2D eigenvalue weighted by Gasteiger charge is 2.26. The predicted octanol–water partition coefficient (Wildman–Crippen LogP) is 3.88. The van der Waals surface area contributed by atoms with Gasteiger partial charge >= 0.3 is 0 Å². The minimum absolute atomic E-state index is 0.230. The van der Waals surface area contributed by atoms with Crippen molar-refractivity contribution in [3.8, 4) is 5.69 Å². The normalized spacial score (nSPS) is 12.9. The number of benzene rings is 2. The lowest BCUT2D eigenvalue weighted by Crippen LogP contribution is -2.24. The molecule has 1 aliphatic carbocycles. The van der Waals surface area contributed by atoms with Crippen molar-refractivity contribution in [2.24, 2.45) is 0 Å². The van der Waals surface area contributed by atoms with Crippen molar-refractivity contribution < 1.29 is 13.6 Å².